The summed E-state index contributed by atoms with van der Waals surface area (Å²) in [5.74, 6) is 0.827. The molecule has 20 heavy (non-hydrogen) atoms. The third-order valence-corrected chi connectivity index (χ3v) is 3.17. The average Bonchev–Trinajstić information content (AvgIpc) is 2.44. The molecule has 0 amide bonds. The number of aliphatic hydroxyl groups excluding tert-OH is 1. The Balaban J connectivity index is 2.29. The van der Waals surface area contributed by atoms with Crippen LogP contribution in [0, 0.1) is 6.92 Å². The number of aryl methyl sites for hydroxylation is 1. The molecule has 0 aliphatic carbocycles. The van der Waals surface area contributed by atoms with Gasteiger partial charge in [-0.3, -0.25) is 0 Å². The molecule has 1 aromatic rings. The standard InChI is InChI=1S/C16H27NO3/c1-4-7-14(11-19-3)17-10-15(18)12-20-16-9-6-5-8-13(16)2/h5-6,8-9,14-15,17-18H,4,7,10-12H2,1-3H3. The summed E-state index contributed by atoms with van der Waals surface area (Å²) in [5.41, 5.74) is 1.08. The Labute approximate surface area is 122 Å². The summed E-state index contributed by atoms with van der Waals surface area (Å²) in [6, 6.07) is 8.11. The van der Waals surface area contributed by atoms with Gasteiger partial charge in [0.2, 0.25) is 0 Å². The average molecular weight is 281 g/mol. The van der Waals surface area contributed by atoms with Crippen LogP contribution < -0.4 is 10.1 Å². The van der Waals surface area contributed by atoms with Gasteiger partial charge in [0.05, 0.1) is 6.61 Å². The molecule has 0 bridgehead atoms. The first-order valence-corrected chi connectivity index (χ1v) is 7.26. The highest BCUT2D eigenvalue weighted by Crippen LogP contribution is 2.16. The highest BCUT2D eigenvalue weighted by molar-refractivity contribution is 5.31. The minimum atomic E-state index is -0.522. The van der Waals surface area contributed by atoms with E-state index in [1.54, 1.807) is 7.11 Å². The van der Waals surface area contributed by atoms with Gasteiger partial charge in [-0.25, -0.2) is 0 Å². The van der Waals surface area contributed by atoms with E-state index in [2.05, 4.69) is 12.2 Å². The van der Waals surface area contributed by atoms with Crippen LogP contribution in [0.25, 0.3) is 0 Å². The van der Waals surface area contributed by atoms with Crippen LogP contribution in [-0.4, -0.2) is 44.1 Å². The predicted molar refractivity (Wildman–Crippen MR) is 81.3 cm³/mol. The molecule has 0 saturated heterocycles. The van der Waals surface area contributed by atoms with E-state index < -0.39 is 6.10 Å². The van der Waals surface area contributed by atoms with Gasteiger partial charge in [0.25, 0.3) is 0 Å². The van der Waals surface area contributed by atoms with Gasteiger partial charge >= 0.3 is 0 Å². The monoisotopic (exact) mass is 281 g/mol. The lowest BCUT2D eigenvalue weighted by Gasteiger charge is -2.20. The topological polar surface area (TPSA) is 50.7 Å². The molecule has 0 aliphatic heterocycles. The van der Waals surface area contributed by atoms with Crippen molar-refractivity contribution in [1.29, 1.82) is 0 Å². The summed E-state index contributed by atoms with van der Waals surface area (Å²) < 4.78 is 10.8. The quantitative estimate of drug-likeness (QED) is 0.690. The molecule has 0 heterocycles. The van der Waals surface area contributed by atoms with Gasteiger partial charge in [-0.2, -0.15) is 0 Å². The van der Waals surface area contributed by atoms with Gasteiger partial charge in [-0.1, -0.05) is 31.5 Å². The third kappa shape index (κ3) is 6.37. The molecule has 4 heteroatoms. The van der Waals surface area contributed by atoms with Crippen LogP contribution in [0.2, 0.25) is 0 Å². The molecule has 0 aromatic heterocycles. The number of hydrogen-bond donors (Lipinski definition) is 2. The van der Waals surface area contributed by atoms with Crippen LogP contribution in [0.15, 0.2) is 24.3 Å². The lowest BCUT2D eigenvalue weighted by molar-refractivity contribution is 0.0944. The van der Waals surface area contributed by atoms with Crippen molar-refractivity contribution < 1.29 is 14.6 Å². The van der Waals surface area contributed by atoms with Crippen molar-refractivity contribution in [3.8, 4) is 5.75 Å². The molecule has 0 saturated carbocycles. The smallest absolute Gasteiger partial charge is 0.122 e. The molecule has 1 aromatic carbocycles. The number of ether oxygens (including phenoxy) is 2. The van der Waals surface area contributed by atoms with E-state index in [9.17, 15) is 5.11 Å². The number of hydrogen-bond acceptors (Lipinski definition) is 4. The highest BCUT2D eigenvalue weighted by atomic mass is 16.5. The molecule has 0 fully saturated rings. The first-order valence-electron chi connectivity index (χ1n) is 7.26. The van der Waals surface area contributed by atoms with Gasteiger partial charge in [0.1, 0.15) is 18.5 Å². The number of para-hydroxylation sites is 1. The van der Waals surface area contributed by atoms with Crippen molar-refractivity contribution >= 4 is 0 Å². The number of nitrogens with one attached hydrogen (secondary N) is 1. The largest absolute Gasteiger partial charge is 0.491 e. The van der Waals surface area contributed by atoms with Crippen LogP contribution in [0.1, 0.15) is 25.3 Å². The van der Waals surface area contributed by atoms with E-state index in [1.807, 2.05) is 31.2 Å². The Morgan fingerprint density at radius 2 is 2.00 bits per heavy atom. The Morgan fingerprint density at radius 3 is 2.65 bits per heavy atom. The fourth-order valence-corrected chi connectivity index (χ4v) is 2.06. The van der Waals surface area contributed by atoms with Crippen molar-refractivity contribution in [3.05, 3.63) is 29.8 Å². The second-order valence-corrected chi connectivity index (χ2v) is 5.08. The molecule has 0 spiro atoms. The molecule has 2 atom stereocenters. The van der Waals surface area contributed by atoms with Gasteiger partial charge < -0.3 is 19.9 Å². The van der Waals surface area contributed by atoms with Crippen LogP contribution in [-0.2, 0) is 4.74 Å². The Hall–Kier alpha value is -1.10. The summed E-state index contributed by atoms with van der Waals surface area (Å²) in [4.78, 5) is 0. The fourth-order valence-electron chi connectivity index (χ4n) is 2.06. The van der Waals surface area contributed by atoms with Crippen molar-refractivity contribution in [2.24, 2.45) is 0 Å². The molecule has 0 radical (unpaired) electrons. The minimum absolute atomic E-state index is 0.290. The second-order valence-electron chi connectivity index (χ2n) is 5.08. The maximum absolute atomic E-state index is 9.96. The first kappa shape index (κ1) is 17.0. The minimum Gasteiger partial charge on any atom is -0.491 e. The lowest BCUT2D eigenvalue weighted by Crippen LogP contribution is -2.40. The lowest BCUT2D eigenvalue weighted by atomic mass is 10.2. The first-order chi connectivity index (χ1) is 9.67. The van der Waals surface area contributed by atoms with Gasteiger partial charge in [-0.15, -0.1) is 0 Å². The van der Waals surface area contributed by atoms with Gasteiger partial charge in [0, 0.05) is 19.7 Å². The van der Waals surface area contributed by atoms with Gasteiger partial charge in [0.15, 0.2) is 0 Å². The van der Waals surface area contributed by atoms with E-state index in [4.69, 9.17) is 9.47 Å². The van der Waals surface area contributed by atoms with Crippen molar-refractivity contribution in [2.75, 3.05) is 26.9 Å². The zero-order chi connectivity index (χ0) is 14.8. The third-order valence-electron chi connectivity index (χ3n) is 3.17. The summed E-state index contributed by atoms with van der Waals surface area (Å²) in [5, 5.41) is 13.3. The number of aliphatic hydroxyl groups is 1. The summed E-state index contributed by atoms with van der Waals surface area (Å²) >= 11 is 0. The molecule has 114 valence electrons. The SMILES string of the molecule is CCCC(COC)NCC(O)COc1ccccc1C. The van der Waals surface area contributed by atoms with Crippen LogP contribution in [0.4, 0.5) is 0 Å². The van der Waals surface area contributed by atoms with E-state index in [1.165, 1.54) is 0 Å². The van der Waals surface area contributed by atoms with E-state index in [0.29, 0.717) is 19.8 Å². The molecular weight excluding hydrogens is 254 g/mol. The zero-order valence-corrected chi connectivity index (χ0v) is 12.8. The normalized spacial score (nSPS) is 14.0. The maximum atomic E-state index is 9.96. The van der Waals surface area contributed by atoms with E-state index >= 15 is 0 Å². The molecule has 2 N–H and O–H groups in total. The zero-order valence-electron chi connectivity index (χ0n) is 12.8. The maximum Gasteiger partial charge on any atom is 0.122 e. The number of rotatable bonds is 10. The van der Waals surface area contributed by atoms with Crippen LogP contribution >= 0.6 is 0 Å². The molecule has 4 nitrogen and oxygen atoms in total. The summed E-state index contributed by atoms with van der Waals surface area (Å²) in [6.07, 6.45) is 1.61. The Morgan fingerprint density at radius 1 is 1.25 bits per heavy atom. The van der Waals surface area contributed by atoms with Crippen molar-refractivity contribution in [1.82, 2.24) is 5.32 Å². The predicted octanol–water partition coefficient (Wildman–Crippen LogP) is 2.14. The summed E-state index contributed by atoms with van der Waals surface area (Å²) in [7, 11) is 1.70. The summed E-state index contributed by atoms with van der Waals surface area (Å²) in [6.45, 7) is 5.61. The molecule has 1 rings (SSSR count). The number of benzene rings is 1. The second kappa shape index (κ2) is 9.75. The Kier molecular flexibility index (Phi) is 8.26. The highest BCUT2D eigenvalue weighted by Gasteiger charge is 2.11. The number of methoxy groups -OCH3 is 1. The van der Waals surface area contributed by atoms with E-state index in [-0.39, 0.29) is 6.04 Å². The molecule has 0 aliphatic rings. The van der Waals surface area contributed by atoms with Crippen molar-refractivity contribution in [2.45, 2.75) is 38.8 Å². The van der Waals surface area contributed by atoms with E-state index in [0.717, 1.165) is 24.2 Å². The van der Waals surface area contributed by atoms with Crippen LogP contribution in [0.3, 0.4) is 0 Å². The van der Waals surface area contributed by atoms with Crippen molar-refractivity contribution in [3.63, 3.8) is 0 Å². The van der Waals surface area contributed by atoms with Crippen LogP contribution in [0.5, 0.6) is 5.75 Å². The Bertz CT molecular complexity index is 364. The van der Waals surface area contributed by atoms with Gasteiger partial charge in [-0.05, 0) is 25.0 Å². The molecular formula is C16H27NO3. The fraction of sp³-hybridized carbons (Fsp3) is 0.625. The molecule has 2 unspecified atom stereocenters.